The molecular formula is C41H36N4O6S. The molecule has 6 rings (SSSR count). The molecule has 0 saturated carbocycles. The first kappa shape index (κ1) is 35.5. The number of aromatic nitrogens is 1. The van der Waals surface area contributed by atoms with Gasteiger partial charge in [-0.05, 0) is 97.4 Å². The minimum absolute atomic E-state index is 0.00797. The minimum Gasteiger partial charge on any atom is -0.497 e. The quantitative estimate of drug-likeness (QED) is 0.0804. The number of carbonyl (C=O) groups excluding carboxylic acids is 3. The lowest BCUT2D eigenvalue weighted by atomic mass is 10.1. The van der Waals surface area contributed by atoms with Crippen LogP contribution in [0.15, 0.2) is 136 Å². The van der Waals surface area contributed by atoms with Crippen LogP contribution < -0.4 is 25.4 Å². The molecule has 0 aliphatic carbocycles. The van der Waals surface area contributed by atoms with Crippen LogP contribution in [-0.2, 0) is 9.59 Å². The van der Waals surface area contributed by atoms with Crippen molar-refractivity contribution in [1.29, 1.82) is 0 Å². The molecule has 0 spiro atoms. The van der Waals surface area contributed by atoms with E-state index in [2.05, 4.69) is 20.9 Å². The van der Waals surface area contributed by atoms with Crippen LogP contribution in [-0.4, -0.2) is 42.2 Å². The number of carbonyl (C=O) groups is 3. The summed E-state index contributed by atoms with van der Waals surface area (Å²) in [5.41, 5.74) is 4.33. The average Bonchev–Trinajstić information content (AvgIpc) is 3.62. The summed E-state index contributed by atoms with van der Waals surface area (Å²) in [5.74, 6) is 0.388. The van der Waals surface area contributed by atoms with Crippen LogP contribution in [0.5, 0.6) is 11.5 Å². The summed E-state index contributed by atoms with van der Waals surface area (Å²) in [5, 5.41) is 8.23. The minimum atomic E-state index is -0.553. The summed E-state index contributed by atoms with van der Waals surface area (Å²) in [6, 6.07) is 35.9. The number of nitrogens with one attached hydrogen (secondary N) is 3. The molecule has 3 N–H and O–H groups in total. The number of oxazole rings is 1. The van der Waals surface area contributed by atoms with Gasteiger partial charge in [0.15, 0.2) is 5.58 Å². The second-order valence-electron chi connectivity index (χ2n) is 11.5. The number of anilines is 2. The maximum atomic E-state index is 13.8. The van der Waals surface area contributed by atoms with Crippen LogP contribution in [0.25, 0.3) is 28.6 Å². The molecule has 11 heteroatoms. The zero-order valence-electron chi connectivity index (χ0n) is 28.7. The highest BCUT2D eigenvalue weighted by Gasteiger charge is 2.20. The van der Waals surface area contributed by atoms with E-state index in [4.69, 9.17) is 13.9 Å². The first-order valence-electron chi connectivity index (χ1n) is 16.5. The van der Waals surface area contributed by atoms with Gasteiger partial charge in [0, 0.05) is 33.0 Å². The molecular weight excluding hydrogens is 677 g/mol. The summed E-state index contributed by atoms with van der Waals surface area (Å²) < 4.78 is 16.7. The monoisotopic (exact) mass is 712 g/mol. The van der Waals surface area contributed by atoms with E-state index in [-0.39, 0.29) is 11.6 Å². The fraction of sp³-hybridized carbons (Fsp3) is 0.122. The number of benzene rings is 5. The van der Waals surface area contributed by atoms with Crippen molar-refractivity contribution in [3.8, 4) is 23.0 Å². The van der Waals surface area contributed by atoms with Crippen LogP contribution in [0.4, 0.5) is 11.4 Å². The molecule has 1 atom stereocenters. The number of nitrogens with zero attached hydrogens (tertiary/aromatic N) is 1. The largest absolute Gasteiger partial charge is 0.497 e. The number of fused-ring (bicyclic) bond motifs is 1. The molecule has 0 bridgehead atoms. The van der Waals surface area contributed by atoms with Gasteiger partial charge in [-0.1, -0.05) is 43.3 Å². The van der Waals surface area contributed by atoms with Crippen LogP contribution in [0.1, 0.15) is 29.3 Å². The van der Waals surface area contributed by atoms with Crippen LogP contribution >= 0.6 is 11.8 Å². The van der Waals surface area contributed by atoms with Gasteiger partial charge in [-0.25, -0.2) is 4.98 Å². The highest BCUT2D eigenvalue weighted by atomic mass is 32.2. The second kappa shape index (κ2) is 16.6. The van der Waals surface area contributed by atoms with Gasteiger partial charge in [0.1, 0.15) is 22.7 Å². The van der Waals surface area contributed by atoms with Gasteiger partial charge in [0.05, 0.1) is 19.5 Å². The fourth-order valence-corrected chi connectivity index (χ4v) is 6.31. The van der Waals surface area contributed by atoms with Crippen LogP contribution in [0.3, 0.4) is 0 Å². The standard InChI is InChI=1S/C41H36N4O6S/c1-4-37(40(48)42-29-19-17-27(18-20-29)41-45-33-15-8-9-16-36(33)51-41)52-32-14-10-13-30(25-32)43-39(47)34(44-38(46)26-11-6-5-7-12-26)24-28-23-31(49-2)21-22-35(28)50-3/h5-25,37H,4H2,1-3H3,(H,42,48)(H,43,47)(H,44,46)/b34-24+. The first-order chi connectivity index (χ1) is 25.3. The van der Waals surface area contributed by atoms with Crippen molar-refractivity contribution in [2.45, 2.75) is 23.5 Å². The maximum absolute atomic E-state index is 13.8. The third kappa shape index (κ3) is 8.69. The van der Waals surface area contributed by atoms with Crippen molar-refractivity contribution in [3.63, 3.8) is 0 Å². The van der Waals surface area contributed by atoms with Gasteiger partial charge in [0.2, 0.25) is 11.8 Å². The molecule has 0 fully saturated rings. The Hall–Kier alpha value is -6.33. The summed E-state index contributed by atoms with van der Waals surface area (Å²) in [6.45, 7) is 1.94. The van der Waals surface area contributed by atoms with Crippen molar-refractivity contribution in [2.75, 3.05) is 24.9 Å². The number of hydrogen-bond donors (Lipinski definition) is 3. The summed E-state index contributed by atoms with van der Waals surface area (Å²) in [6.07, 6.45) is 2.10. The summed E-state index contributed by atoms with van der Waals surface area (Å²) >= 11 is 1.38. The molecule has 0 aliphatic rings. The highest BCUT2D eigenvalue weighted by molar-refractivity contribution is 8.00. The lowest BCUT2D eigenvalue weighted by Gasteiger charge is -2.16. The molecule has 10 nitrogen and oxygen atoms in total. The Bertz CT molecular complexity index is 2200. The van der Waals surface area contributed by atoms with Crippen molar-refractivity contribution in [3.05, 3.63) is 138 Å². The molecule has 0 radical (unpaired) electrons. The van der Waals surface area contributed by atoms with E-state index in [0.29, 0.717) is 51.9 Å². The number of hydrogen-bond acceptors (Lipinski definition) is 8. The molecule has 0 saturated heterocycles. The van der Waals surface area contributed by atoms with E-state index in [9.17, 15) is 14.4 Å². The Kier molecular flexibility index (Phi) is 11.3. The number of rotatable bonds is 13. The number of para-hydroxylation sites is 2. The number of amides is 3. The predicted octanol–water partition coefficient (Wildman–Crippen LogP) is 8.43. The number of thioether (sulfide) groups is 1. The van der Waals surface area contributed by atoms with Crippen molar-refractivity contribution in [1.82, 2.24) is 10.3 Å². The molecule has 1 heterocycles. The van der Waals surface area contributed by atoms with Gasteiger partial charge in [-0.15, -0.1) is 11.8 Å². The van der Waals surface area contributed by atoms with E-state index in [1.807, 2.05) is 61.5 Å². The molecule has 1 aromatic heterocycles. The van der Waals surface area contributed by atoms with Gasteiger partial charge < -0.3 is 29.8 Å². The maximum Gasteiger partial charge on any atom is 0.272 e. The van der Waals surface area contributed by atoms with Crippen molar-refractivity contribution < 1.29 is 28.3 Å². The molecule has 1 unspecified atom stereocenters. The summed E-state index contributed by atoms with van der Waals surface area (Å²) in [7, 11) is 3.06. The Morgan fingerprint density at radius 2 is 1.58 bits per heavy atom. The van der Waals surface area contributed by atoms with Gasteiger partial charge in [-0.3, -0.25) is 14.4 Å². The third-order valence-corrected chi connectivity index (χ3v) is 9.35. The Morgan fingerprint density at radius 3 is 2.31 bits per heavy atom. The van der Waals surface area contributed by atoms with Crippen LogP contribution in [0, 0.1) is 0 Å². The Balaban J connectivity index is 1.15. The van der Waals surface area contributed by atoms with Gasteiger partial charge in [-0.2, -0.15) is 0 Å². The fourth-order valence-electron chi connectivity index (χ4n) is 5.30. The normalized spacial score (nSPS) is 11.8. The van der Waals surface area contributed by atoms with Gasteiger partial charge >= 0.3 is 0 Å². The number of methoxy groups -OCH3 is 2. The highest BCUT2D eigenvalue weighted by Crippen LogP contribution is 2.31. The molecule has 6 aromatic rings. The van der Waals surface area contributed by atoms with E-state index in [1.165, 1.54) is 32.1 Å². The lowest BCUT2D eigenvalue weighted by molar-refractivity contribution is -0.116. The van der Waals surface area contributed by atoms with Crippen LogP contribution in [0.2, 0.25) is 0 Å². The van der Waals surface area contributed by atoms with E-state index in [1.54, 1.807) is 66.7 Å². The van der Waals surface area contributed by atoms with E-state index in [0.717, 1.165) is 16.0 Å². The lowest BCUT2D eigenvalue weighted by Crippen LogP contribution is -2.30. The SMILES string of the molecule is CCC(Sc1cccc(NC(=O)/C(=C\c2cc(OC)ccc2OC)NC(=O)c2ccccc2)c1)C(=O)Nc1ccc(-c2nc3ccccc3o2)cc1. The van der Waals surface area contributed by atoms with Crippen molar-refractivity contribution >= 4 is 58.0 Å². The molecule has 52 heavy (non-hydrogen) atoms. The first-order valence-corrected chi connectivity index (χ1v) is 17.4. The zero-order chi connectivity index (χ0) is 36.5. The number of ether oxygens (including phenoxy) is 2. The van der Waals surface area contributed by atoms with E-state index >= 15 is 0 Å². The van der Waals surface area contributed by atoms with Gasteiger partial charge in [0.25, 0.3) is 11.8 Å². The smallest absolute Gasteiger partial charge is 0.272 e. The van der Waals surface area contributed by atoms with Crippen molar-refractivity contribution in [2.24, 2.45) is 0 Å². The second-order valence-corrected chi connectivity index (χ2v) is 12.8. The zero-order valence-corrected chi connectivity index (χ0v) is 29.5. The molecule has 262 valence electrons. The molecule has 0 aliphatic heterocycles. The molecule has 3 amide bonds. The summed E-state index contributed by atoms with van der Waals surface area (Å²) in [4.78, 5) is 45.6. The molecule has 5 aromatic carbocycles. The average molecular weight is 713 g/mol. The Labute approximate surface area is 305 Å². The third-order valence-electron chi connectivity index (χ3n) is 7.99. The Morgan fingerprint density at radius 1 is 0.808 bits per heavy atom. The topological polar surface area (TPSA) is 132 Å². The predicted molar refractivity (Wildman–Crippen MR) is 205 cm³/mol. The van der Waals surface area contributed by atoms with E-state index < -0.39 is 17.1 Å².